The van der Waals surface area contributed by atoms with Crippen molar-refractivity contribution in [1.29, 1.82) is 0 Å². The van der Waals surface area contributed by atoms with E-state index in [9.17, 15) is 14.4 Å². The molecule has 0 unspecified atom stereocenters. The lowest BCUT2D eigenvalue weighted by molar-refractivity contribution is -0.150. The van der Waals surface area contributed by atoms with E-state index in [0.29, 0.717) is 25.8 Å². The summed E-state index contributed by atoms with van der Waals surface area (Å²) in [7, 11) is 0. The van der Waals surface area contributed by atoms with Crippen LogP contribution in [0.5, 0.6) is 0 Å². The zero-order valence-corrected chi connectivity index (χ0v) is 17.8. The van der Waals surface area contributed by atoms with Crippen molar-refractivity contribution in [2.24, 2.45) is 5.73 Å². The molecular formula is C24H30N2O5. The lowest BCUT2D eigenvalue weighted by Gasteiger charge is -2.27. The number of amides is 1. The van der Waals surface area contributed by atoms with Gasteiger partial charge >= 0.3 is 11.9 Å². The summed E-state index contributed by atoms with van der Waals surface area (Å²) in [5.74, 6) is -1.83. The molecule has 7 heteroatoms. The smallest absolute Gasteiger partial charge is 0.326 e. The third-order valence-electron chi connectivity index (χ3n) is 4.95. The summed E-state index contributed by atoms with van der Waals surface area (Å²) >= 11 is 0. The van der Waals surface area contributed by atoms with E-state index in [2.05, 4.69) is 5.32 Å². The molecule has 0 saturated carbocycles. The number of hydrogen-bond acceptors (Lipinski definition) is 5. The van der Waals surface area contributed by atoms with Crippen LogP contribution < -0.4 is 11.1 Å². The van der Waals surface area contributed by atoms with Gasteiger partial charge < -0.3 is 20.9 Å². The molecule has 0 heterocycles. The van der Waals surface area contributed by atoms with E-state index >= 15 is 0 Å². The van der Waals surface area contributed by atoms with E-state index in [0.717, 1.165) is 16.7 Å². The SMILES string of the molecule is CCOC(=O)[C@@](N)(CCCNC(=O)CCC(=O)O)Cc1ccc(-c2ccccc2)cc1. The van der Waals surface area contributed by atoms with Crippen molar-refractivity contribution in [3.05, 3.63) is 60.2 Å². The van der Waals surface area contributed by atoms with E-state index in [-0.39, 0.29) is 25.4 Å². The van der Waals surface area contributed by atoms with Crippen LogP contribution in [0.1, 0.15) is 38.2 Å². The van der Waals surface area contributed by atoms with Gasteiger partial charge in [0.25, 0.3) is 0 Å². The molecule has 0 aromatic heterocycles. The van der Waals surface area contributed by atoms with E-state index in [1.54, 1.807) is 6.92 Å². The van der Waals surface area contributed by atoms with E-state index in [1.807, 2.05) is 54.6 Å². The Morgan fingerprint density at radius 3 is 2.26 bits per heavy atom. The average Bonchev–Trinajstić information content (AvgIpc) is 2.76. The molecule has 0 aliphatic rings. The number of nitrogens with two attached hydrogens (primary N) is 1. The number of rotatable bonds is 12. The molecule has 0 saturated heterocycles. The van der Waals surface area contributed by atoms with Gasteiger partial charge in [0.05, 0.1) is 13.0 Å². The van der Waals surface area contributed by atoms with Gasteiger partial charge in [0.15, 0.2) is 0 Å². The van der Waals surface area contributed by atoms with E-state index < -0.39 is 17.5 Å². The summed E-state index contributed by atoms with van der Waals surface area (Å²) in [6, 6.07) is 17.9. The first kappa shape index (κ1) is 24.1. The highest BCUT2D eigenvalue weighted by molar-refractivity contribution is 5.81. The van der Waals surface area contributed by atoms with E-state index in [4.69, 9.17) is 15.6 Å². The van der Waals surface area contributed by atoms with Gasteiger partial charge in [0.2, 0.25) is 5.91 Å². The number of nitrogens with one attached hydrogen (secondary N) is 1. The predicted octanol–water partition coefficient (Wildman–Crippen LogP) is 2.92. The quantitative estimate of drug-likeness (QED) is 0.355. The molecule has 2 aromatic rings. The van der Waals surface area contributed by atoms with Gasteiger partial charge in [0.1, 0.15) is 5.54 Å². The molecule has 0 bridgehead atoms. The fourth-order valence-electron chi connectivity index (χ4n) is 3.29. The zero-order chi connectivity index (χ0) is 22.7. The van der Waals surface area contributed by atoms with Gasteiger partial charge in [0, 0.05) is 19.4 Å². The highest BCUT2D eigenvalue weighted by atomic mass is 16.5. The molecule has 166 valence electrons. The van der Waals surface area contributed by atoms with Gasteiger partial charge in [-0.3, -0.25) is 14.4 Å². The number of benzene rings is 2. The Hall–Kier alpha value is -3.19. The first-order valence-corrected chi connectivity index (χ1v) is 10.4. The van der Waals surface area contributed by atoms with Crippen LogP contribution in [-0.2, 0) is 25.5 Å². The second-order valence-corrected chi connectivity index (χ2v) is 7.46. The molecule has 0 aliphatic carbocycles. The number of carboxylic acid groups (broad SMARTS) is 1. The monoisotopic (exact) mass is 426 g/mol. The zero-order valence-electron chi connectivity index (χ0n) is 17.8. The Morgan fingerprint density at radius 1 is 1.00 bits per heavy atom. The number of esters is 1. The van der Waals surface area contributed by atoms with Crippen molar-refractivity contribution >= 4 is 17.8 Å². The third kappa shape index (κ3) is 7.86. The van der Waals surface area contributed by atoms with Crippen LogP contribution in [0.25, 0.3) is 11.1 Å². The predicted molar refractivity (Wildman–Crippen MR) is 118 cm³/mol. The third-order valence-corrected chi connectivity index (χ3v) is 4.95. The topological polar surface area (TPSA) is 119 Å². The lowest BCUT2D eigenvalue weighted by atomic mass is 9.86. The van der Waals surface area contributed by atoms with Gasteiger partial charge in [-0.25, -0.2) is 0 Å². The number of ether oxygens (including phenoxy) is 1. The molecular weight excluding hydrogens is 396 g/mol. The molecule has 1 atom stereocenters. The van der Waals surface area contributed by atoms with E-state index in [1.165, 1.54) is 0 Å². The van der Waals surface area contributed by atoms with Crippen LogP contribution in [0.15, 0.2) is 54.6 Å². The maximum Gasteiger partial charge on any atom is 0.326 e. The number of aliphatic carboxylic acids is 1. The molecule has 2 rings (SSSR count). The summed E-state index contributed by atoms with van der Waals surface area (Å²) in [6.07, 6.45) is 0.818. The van der Waals surface area contributed by atoms with Crippen LogP contribution in [0, 0.1) is 0 Å². The second kappa shape index (κ2) is 11.9. The number of carboxylic acids is 1. The van der Waals surface area contributed by atoms with Gasteiger partial charge in [-0.15, -0.1) is 0 Å². The normalized spacial score (nSPS) is 12.6. The Balaban J connectivity index is 1.98. The minimum absolute atomic E-state index is 0.0747. The summed E-state index contributed by atoms with van der Waals surface area (Å²) in [4.78, 5) is 34.7. The van der Waals surface area contributed by atoms with Crippen LogP contribution in [-0.4, -0.2) is 41.6 Å². The standard InChI is InChI=1S/C24H30N2O5/c1-2-31-23(30)24(25,15-6-16-26-21(27)13-14-22(28)29)17-18-9-11-20(12-10-18)19-7-4-3-5-8-19/h3-5,7-12H,2,6,13-17,25H2,1H3,(H,26,27)(H,28,29)/t24-/m1/s1. The number of carbonyl (C=O) groups excluding carboxylic acids is 2. The fourth-order valence-corrected chi connectivity index (χ4v) is 3.29. The largest absolute Gasteiger partial charge is 0.481 e. The lowest BCUT2D eigenvalue weighted by Crippen LogP contribution is -2.51. The summed E-state index contributed by atoms with van der Waals surface area (Å²) < 4.78 is 5.20. The van der Waals surface area contributed by atoms with Crippen molar-refractivity contribution in [1.82, 2.24) is 5.32 Å². The number of carbonyl (C=O) groups is 3. The average molecular weight is 427 g/mol. The van der Waals surface area contributed by atoms with Gasteiger partial charge in [-0.1, -0.05) is 54.6 Å². The second-order valence-electron chi connectivity index (χ2n) is 7.46. The molecule has 0 aliphatic heterocycles. The van der Waals surface area contributed by atoms with Crippen molar-refractivity contribution in [2.45, 2.75) is 44.6 Å². The molecule has 4 N–H and O–H groups in total. The molecule has 0 spiro atoms. The van der Waals surface area contributed by atoms with Gasteiger partial charge in [-0.05, 0) is 36.5 Å². The maximum atomic E-state index is 12.6. The Morgan fingerprint density at radius 2 is 1.65 bits per heavy atom. The Labute approximate surface area is 182 Å². The maximum absolute atomic E-state index is 12.6. The van der Waals surface area contributed by atoms with Crippen molar-refractivity contribution in [3.63, 3.8) is 0 Å². The molecule has 31 heavy (non-hydrogen) atoms. The minimum Gasteiger partial charge on any atom is -0.481 e. The van der Waals surface area contributed by atoms with Crippen molar-refractivity contribution in [3.8, 4) is 11.1 Å². The molecule has 7 nitrogen and oxygen atoms in total. The van der Waals surface area contributed by atoms with Crippen LogP contribution in [0.2, 0.25) is 0 Å². The first-order chi connectivity index (χ1) is 14.8. The van der Waals surface area contributed by atoms with Crippen LogP contribution in [0.3, 0.4) is 0 Å². The summed E-state index contributed by atoms with van der Waals surface area (Å²) in [5, 5.41) is 11.3. The van der Waals surface area contributed by atoms with Crippen molar-refractivity contribution in [2.75, 3.05) is 13.2 Å². The molecule has 0 radical (unpaired) electrons. The summed E-state index contributed by atoms with van der Waals surface area (Å²) in [6.45, 7) is 2.27. The highest BCUT2D eigenvalue weighted by Gasteiger charge is 2.35. The number of hydrogen-bond donors (Lipinski definition) is 3. The highest BCUT2D eigenvalue weighted by Crippen LogP contribution is 2.23. The van der Waals surface area contributed by atoms with Crippen LogP contribution in [0.4, 0.5) is 0 Å². The Kier molecular flexibility index (Phi) is 9.21. The van der Waals surface area contributed by atoms with Crippen molar-refractivity contribution < 1.29 is 24.2 Å². The molecule has 2 aromatic carbocycles. The Bertz CT molecular complexity index is 867. The molecule has 0 fully saturated rings. The fraction of sp³-hybridized carbons (Fsp3) is 0.375. The van der Waals surface area contributed by atoms with Gasteiger partial charge in [-0.2, -0.15) is 0 Å². The first-order valence-electron chi connectivity index (χ1n) is 10.4. The minimum atomic E-state index is -1.21. The summed E-state index contributed by atoms with van der Waals surface area (Å²) in [5.41, 5.74) is 8.35. The van der Waals surface area contributed by atoms with Crippen LogP contribution >= 0.6 is 0 Å². The molecule has 1 amide bonds.